The number of para-hydroxylation sites is 1. The van der Waals surface area contributed by atoms with Crippen molar-refractivity contribution in [2.24, 2.45) is 0 Å². The first-order valence-electron chi connectivity index (χ1n) is 8.45. The molecule has 1 saturated heterocycles. The number of amides is 1. The molecular formula is C19H16ClFN4O2. The molecule has 8 heteroatoms. The fraction of sp³-hybridized carbons (Fsp3) is 0.211. The van der Waals surface area contributed by atoms with Gasteiger partial charge < -0.3 is 9.64 Å². The third kappa shape index (κ3) is 3.56. The summed E-state index contributed by atoms with van der Waals surface area (Å²) >= 11 is 6.23. The van der Waals surface area contributed by atoms with Crippen molar-refractivity contribution in [1.82, 2.24) is 19.9 Å². The molecule has 0 bridgehead atoms. The number of benzene rings is 2. The average Bonchev–Trinajstić information content (AvgIpc) is 3.18. The molecule has 1 aliphatic heterocycles. The van der Waals surface area contributed by atoms with Crippen molar-refractivity contribution in [3.05, 3.63) is 76.8 Å². The summed E-state index contributed by atoms with van der Waals surface area (Å²) in [6.45, 7) is 1.20. The van der Waals surface area contributed by atoms with Crippen LogP contribution in [0.15, 0.2) is 54.7 Å². The highest BCUT2D eigenvalue weighted by Crippen LogP contribution is 2.25. The first kappa shape index (κ1) is 17.6. The molecule has 4 rings (SSSR count). The molecule has 6 nitrogen and oxygen atoms in total. The Balaban J connectivity index is 1.58. The third-order valence-electron chi connectivity index (χ3n) is 4.44. The van der Waals surface area contributed by atoms with E-state index in [9.17, 15) is 9.18 Å². The SMILES string of the molecule is O=C(c1cnnn1-c1ccccc1Cl)N1CCO[C@@H](c2ccc(F)cc2)C1. The number of halogens is 2. The van der Waals surface area contributed by atoms with Gasteiger partial charge in [0.05, 0.1) is 30.1 Å². The quantitative estimate of drug-likeness (QED) is 0.693. The van der Waals surface area contributed by atoms with Crippen LogP contribution in [0.4, 0.5) is 4.39 Å². The number of nitrogens with zero attached hydrogens (tertiary/aromatic N) is 4. The lowest BCUT2D eigenvalue weighted by atomic mass is 10.1. The van der Waals surface area contributed by atoms with E-state index in [0.29, 0.717) is 36.1 Å². The molecule has 0 unspecified atom stereocenters. The lowest BCUT2D eigenvalue weighted by molar-refractivity contribution is -0.0231. The normalized spacial score (nSPS) is 17.1. The Kier molecular flexibility index (Phi) is 4.87. The van der Waals surface area contributed by atoms with Crippen LogP contribution in [0, 0.1) is 5.82 Å². The van der Waals surface area contributed by atoms with E-state index in [4.69, 9.17) is 16.3 Å². The second-order valence-corrected chi connectivity index (χ2v) is 6.55. The van der Waals surface area contributed by atoms with Crippen LogP contribution in [-0.4, -0.2) is 45.5 Å². The summed E-state index contributed by atoms with van der Waals surface area (Å²) in [7, 11) is 0. The Labute approximate surface area is 160 Å². The summed E-state index contributed by atoms with van der Waals surface area (Å²) in [6.07, 6.45) is 1.11. The highest BCUT2D eigenvalue weighted by molar-refractivity contribution is 6.32. The maximum atomic E-state index is 13.2. The molecule has 1 fully saturated rings. The molecule has 1 amide bonds. The number of hydrogen-bond donors (Lipinski definition) is 0. The summed E-state index contributed by atoms with van der Waals surface area (Å²) < 4.78 is 20.3. The first-order valence-corrected chi connectivity index (χ1v) is 8.83. The lowest BCUT2D eigenvalue weighted by Crippen LogP contribution is -2.42. The molecule has 3 aromatic rings. The number of ether oxygens (including phenoxy) is 1. The van der Waals surface area contributed by atoms with Gasteiger partial charge in [-0.15, -0.1) is 5.10 Å². The molecule has 1 aliphatic rings. The number of carbonyl (C=O) groups is 1. The van der Waals surface area contributed by atoms with Gasteiger partial charge in [-0.05, 0) is 29.8 Å². The fourth-order valence-corrected chi connectivity index (χ4v) is 3.27. The summed E-state index contributed by atoms with van der Waals surface area (Å²) in [5.74, 6) is -0.521. The van der Waals surface area contributed by atoms with Crippen molar-refractivity contribution < 1.29 is 13.9 Å². The van der Waals surface area contributed by atoms with Crippen molar-refractivity contribution in [2.75, 3.05) is 19.7 Å². The number of aromatic nitrogens is 3. The molecule has 0 aliphatic carbocycles. The second kappa shape index (κ2) is 7.46. The van der Waals surface area contributed by atoms with E-state index in [1.807, 2.05) is 6.07 Å². The molecule has 1 atom stereocenters. The van der Waals surface area contributed by atoms with Crippen LogP contribution in [0.5, 0.6) is 0 Å². The van der Waals surface area contributed by atoms with Gasteiger partial charge in [-0.2, -0.15) is 0 Å². The van der Waals surface area contributed by atoms with E-state index in [1.54, 1.807) is 35.2 Å². The monoisotopic (exact) mass is 386 g/mol. The molecule has 0 N–H and O–H groups in total. The molecule has 1 aromatic heterocycles. The van der Waals surface area contributed by atoms with Gasteiger partial charge in [0.1, 0.15) is 11.9 Å². The average molecular weight is 387 g/mol. The lowest BCUT2D eigenvalue weighted by Gasteiger charge is -2.33. The Morgan fingerprint density at radius 3 is 2.74 bits per heavy atom. The maximum Gasteiger partial charge on any atom is 0.274 e. The van der Waals surface area contributed by atoms with Crippen LogP contribution in [-0.2, 0) is 4.74 Å². The minimum atomic E-state index is -0.312. The predicted molar refractivity (Wildman–Crippen MR) is 97.4 cm³/mol. The van der Waals surface area contributed by atoms with E-state index in [-0.39, 0.29) is 17.8 Å². The van der Waals surface area contributed by atoms with Crippen molar-refractivity contribution in [2.45, 2.75) is 6.10 Å². The Hall–Kier alpha value is -2.77. The molecule has 27 heavy (non-hydrogen) atoms. The zero-order valence-electron chi connectivity index (χ0n) is 14.3. The molecular weight excluding hydrogens is 371 g/mol. The van der Waals surface area contributed by atoms with Gasteiger partial charge in [-0.3, -0.25) is 4.79 Å². The Bertz CT molecular complexity index is 960. The first-order chi connectivity index (χ1) is 13.1. The van der Waals surface area contributed by atoms with E-state index < -0.39 is 0 Å². The van der Waals surface area contributed by atoms with E-state index >= 15 is 0 Å². The standard InChI is InChI=1S/C19H16ClFN4O2/c20-15-3-1-2-4-16(15)25-17(11-22-23-25)19(26)24-9-10-27-18(12-24)13-5-7-14(21)8-6-13/h1-8,11,18H,9-10,12H2/t18-/m1/s1. The highest BCUT2D eigenvalue weighted by atomic mass is 35.5. The van der Waals surface area contributed by atoms with Crippen LogP contribution in [0.3, 0.4) is 0 Å². The van der Waals surface area contributed by atoms with Gasteiger partial charge >= 0.3 is 0 Å². The minimum Gasteiger partial charge on any atom is -0.370 e. The van der Waals surface area contributed by atoms with Gasteiger partial charge in [-0.1, -0.05) is 41.1 Å². The number of hydrogen-bond acceptors (Lipinski definition) is 4. The summed E-state index contributed by atoms with van der Waals surface area (Å²) in [5, 5.41) is 8.36. The van der Waals surface area contributed by atoms with Crippen LogP contribution in [0.1, 0.15) is 22.2 Å². The number of morpholine rings is 1. The Morgan fingerprint density at radius 1 is 1.19 bits per heavy atom. The minimum absolute atomic E-state index is 0.213. The summed E-state index contributed by atoms with van der Waals surface area (Å²) in [6, 6.07) is 13.2. The maximum absolute atomic E-state index is 13.2. The second-order valence-electron chi connectivity index (χ2n) is 6.14. The van der Waals surface area contributed by atoms with Crippen molar-refractivity contribution in [3.8, 4) is 5.69 Å². The van der Waals surface area contributed by atoms with E-state index in [1.165, 1.54) is 23.0 Å². The van der Waals surface area contributed by atoms with Gasteiger partial charge in [0.15, 0.2) is 5.69 Å². The van der Waals surface area contributed by atoms with Crippen LogP contribution in [0.25, 0.3) is 5.69 Å². The van der Waals surface area contributed by atoms with Crippen LogP contribution < -0.4 is 0 Å². The summed E-state index contributed by atoms with van der Waals surface area (Å²) in [5.41, 5.74) is 1.73. The number of rotatable bonds is 3. The van der Waals surface area contributed by atoms with Crippen molar-refractivity contribution in [3.63, 3.8) is 0 Å². The van der Waals surface area contributed by atoms with Crippen LogP contribution >= 0.6 is 11.6 Å². The molecule has 0 spiro atoms. The van der Waals surface area contributed by atoms with Crippen molar-refractivity contribution in [1.29, 1.82) is 0 Å². The number of carbonyl (C=O) groups excluding carboxylic acids is 1. The van der Waals surface area contributed by atoms with E-state index in [0.717, 1.165) is 5.56 Å². The highest BCUT2D eigenvalue weighted by Gasteiger charge is 2.28. The van der Waals surface area contributed by atoms with Gasteiger partial charge in [0.2, 0.25) is 0 Å². The van der Waals surface area contributed by atoms with E-state index in [2.05, 4.69) is 10.3 Å². The van der Waals surface area contributed by atoms with Crippen LogP contribution in [0.2, 0.25) is 5.02 Å². The molecule has 0 saturated carbocycles. The topological polar surface area (TPSA) is 60.2 Å². The zero-order valence-corrected chi connectivity index (χ0v) is 15.0. The predicted octanol–water partition coefficient (Wildman–Crippen LogP) is 3.27. The molecule has 138 valence electrons. The fourth-order valence-electron chi connectivity index (χ4n) is 3.06. The Morgan fingerprint density at radius 2 is 1.96 bits per heavy atom. The smallest absolute Gasteiger partial charge is 0.274 e. The van der Waals surface area contributed by atoms with Crippen molar-refractivity contribution >= 4 is 17.5 Å². The van der Waals surface area contributed by atoms with Gasteiger partial charge in [0, 0.05) is 6.54 Å². The zero-order chi connectivity index (χ0) is 18.8. The van der Waals surface area contributed by atoms with Gasteiger partial charge in [0.25, 0.3) is 5.91 Å². The van der Waals surface area contributed by atoms with Gasteiger partial charge in [-0.25, -0.2) is 9.07 Å². The molecule has 0 radical (unpaired) electrons. The largest absolute Gasteiger partial charge is 0.370 e. The molecule has 2 aromatic carbocycles. The third-order valence-corrected chi connectivity index (χ3v) is 4.76. The molecule has 2 heterocycles. The summed E-state index contributed by atoms with van der Waals surface area (Å²) in [4.78, 5) is 14.7.